The number of carbonyl (C=O) groups excluding carboxylic acids is 1. The predicted molar refractivity (Wildman–Crippen MR) is 125 cm³/mol. The van der Waals surface area contributed by atoms with Crippen LogP contribution >= 0.6 is 0 Å². The number of amides is 1. The van der Waals surface area contributed by atoms with Crippen LogP contribution < -0.4 is 10.9 Å². The Morgan fingerprint density at radius 1 is 0.906 bits per heavy atom. The van der Waals surface area contributed by atoms with E-state index in [2.05, 4.69) is 15.5 Å². The van der Waals surface area contributed by atoms with Crippen LogP contribution in [-0.4, -0.2) is 27.0 Å². The monoisotopic (exact) mass is 422 g/mol. The van der Waals surface area contributed by atoms with Crippen molar-refractivity contribution in [2.45, 2.75) is 6.92 Å². The lowest BCUT2D eigenvalue weighted by Crippen LogP contribution is -2.25. The van der Waals surface area contributed by atoms with Gasteiger partial charge in [-0.25, -0.2) is 0 Å². The van der Waals surface area contributed by atoms with Gasteiger partial charge < -0.3 is 10.4 Å². The third kappa shape index (κ3) is 3.07. The van der Waals surface area contributed by atoms with Crippen LogP contribution in [0.1, 0.15) is 18.1 Å². The number of nitrogens with zero attached hydrogens (tertiary/aromatic N) is 3. The van der Waals surface area contributed by atoms with Crippen molar-refractivity contribution in [3.05, 3.63) is 100 Å². The number of nitrogens with one attached hydrogen (secondary N) is 1. The van der Waals surface area contributed by atoms with E-state index in [9.17, 15) is 14.7 Å². The van der Waals surface area contributed by atoms with Gasteiger partial charge in [0.25, 0.3) is 11.5 Å². The van der Waals surface area contributed by atoms with Gasteiger partial charge in [-0.1, -0.05) is 48.5 Å². The molecule has 0 saturated heterocycles. The number of pyridine rings is 1. The highest BCUT2D eigenvalue weighted by atomic mass is 16.3. The van der Waals surface area contributed by atoms with E-state index in [4.69, 9.17) is 0 Å². The topological polar surface area (TPSA) is 96.0 Å². The minimum atomic E-state index is -0.426. The Kier molecular flexibility index (Phi) is 4.63. The molecule has 156 valence electrons. The maximum Gasteiger partial charge on any atom is 0.276 e. The number of aromatic hydroxyl groups is 1. The van der Waals surface area contributed by atoms with E-state index >= 15 is 0 Å². The SMILES string of the molecule is CC(=N/N=C1/C(=O)Nc2ccccc21)c1c(O)c2ccccc2n(-c2ccccc2)c1=O. The average Bonchev–Trinajstić information content (AvgIpc) is 3.13. The van der Waals surface area contributed by atoms with E-state index < -0.39 is 5.56 Å². The van der Waals surface area contributed by atoms with Crippen molar-refractivity contribution in [1.29, 1.82) is 0 Å². The van der Waals surface area contributed by atoms with E-state index in [1.165, 1.54) is 4.57 Å². The first-order valence-electron chi connectivity index (χ1n) is 10.0. The highest BCUT2D eigenvalue weighted by Crippen LogP contribution is 2.29. The van der Waals surface area contributed by atoms with Crippen LogP contribution in [0, 0.1) is 0 Å². The van der Waals surface area contributed by atoms with Gasteiger partial charge in [-0.2, -0.15) is 5.10 Å². The zero-order valence-electron chi connectivity index (χ0n) is 17.1. The number of benzene rings is 3. The van der Waals surface area contributed by atoms with Crippen LogP contribution in [-0.2, 0) is 4.79 Å². The van der Waals surface area contributed by atoms with Crippen molar-refractivity contribution >= 4 is 33.9 Å². The lowest BCUT2D eigenvalue weighted by molar-refractivity contribution is -0.110. The number of anilines is 1. The minimum absolute atomic E-state index is 0.0311. The lowest BCUT2D eigenvalue weighted by atomic mass is 10.1. The molecule has 4 aromatic rings. The molecule has 7 heteroatoms. The second-order valence-electron chi connectivity index (χ2n) is 7.35. The number of para-hydroxylation sites is 3. The fraction of sp³-hybridized carbons (Fsp3) is 0.0400. The molecule has 32 heavy (non-hydrogen) atoms. The van der Waals surface area contributed by atoms with Crippen molar-refractivity contribution in [2.24, 2.45) is 10.2 Å². The molecule has 0 spiro atoms. The molecule has 7 nitrogen and oxygen atoms in total. The molecule has 1 aliphatic heterocycles. The second kappa shape index (κ2) is 7.63. The molecule has 0 fully saturated rings. The van der Waals surface area contributed by atoms with Gasteiger partial charge >= 0.3 is 0 Å². The fourth-order valence-corrected chi connectivity index (χ4v) is 3.86. The van der Waals surface area contributed by atoms with Crippen molar-refractivity contribution in [1.82, 2.24) is 4.57 Å². The number of aromatic nitrogens is 1. The first-order valence-corrected chi connectivity index (χ1v) is 10.0. The molecule has 3 aromatic carbocycles. The van der Waals surface area contributed by atoms with Crippen LogP contribution in [0.5, 0.6) is 5.75 Å². The molecule has 5 rings (SSSR count). The van der Waals surface area contributed by atoms with E-state index in [0.717, 1.165) is 0 Å². The molecule has 0 saturated carbocycles. The van der Waals surface area contributed by atoms with Gasteiger partial charge in [-0.05, 0) is 37.3 Å². The highest BCUT2D eigenvalue weighted by Gasteiger charge is 2.26. The van der Waals surface area contributed by atoms with Crippen LogP contribution in [0.3, 0.4) is 0 Å². The third-order valence-electron chi connectivity index (χ3n) is 5.38. The molecule has 0 aliphatic carbocycles. The summed E-state index contributed by atoms with van der Waals surface area (Å²) in [5.74, 6) is -0.539. The van der Waals surface area contributed by atoms with E-state index in [1.54, 1.807) is 43.3 Å². The van der Waals surface area contributed by atoms with Gasteiger partial charge in [0.2, 0.25) is 0 Å². The van der Waals surface area contributed by atoms with Crippen LogP contribution in [0.15, 0.2) is 93.9 Å². The van der Waals surface area contributed by atoms with Gasteiger partial charge in [0.1, 0.15) is 11.3 Å². The van der Waals surface area contributed by atoms with Crippen molar-refractivity contribution in [2.75, 3.05) is 5.32 Å². The number of carbonyl (C=O) groups is 1. The summed E-state index contributed by atoms with van der Waals surface area (Å²) in [5, 5.41) is 22.5. The Morgan fingerprint density at radius 3 is 2.41 bits per heavy atom. The molecule has 1 aromatic heterocycles. The maximum absolute atomic E-state index is 13.5. The molecule has 1 aliphatic rings. The second-order valence-corrected chi connectivity index (χ2v) is 7.35. The Balaban J connectivity index is 1.72. The number of rotatable bonds is 3. The number of hydrogen-bond acceptors (Lipinski definition) is 5. The molecule has 1 amide bonds. The Labute approximate surface area is 183 Å². The van der Waals surface area contributed by atoms with Crippen LogP contribution in [0.4, 0.5) is 5.69 Å². The Hall–Kier alpha value is -4.52. The third-order valence-corrected chi connectivity index (χ3v) is 5.38. The maximum atomic E-state index is 13.5. The van der Waals surface area contributed by atoms with Gasteiger partial charge in [0.15, 0.2) is 5.71 Å². The standard InChI is InChI=1S/C25H18N4O3/c1-15(27-28-22-17-11-5-7-13-19(17)26-24(22)31)21-23(30)18-12-6-8-14-20(18)29(25(21)32)16-9-3-2-4-10-16/h2-14,30H,1H3,(H,26,28,31). The molecule has 2 N–H and O–H groups in total. The van der Waals surface area contributed by atoms with Gasteiger partial charge in [0, 0.05) is 16.6 Å². The van der Waals surface area contributed by atoms with Gasteiger partial charge in [-0.15, -0.1) is 5.10 Å². The summed E-state index contributed by atoms with van der Waals surface area (Å²) >= 11 is 0. The zero-order valence-corrected chi connectivity index (χ0v) is 17.1. The summed E-state index contributed by atoms with van der Waals surface area (Å²) in [4.78, 5) is 25.8. The van der Waals surface area contributed by atoms with Crippen molar-refractivity contribution in [3.8, 4) is 11.4 Å². The number of fused-ring (bicyclic) bond motifs is 2. The molecule has 0 atom stereocenters. The molecular weight excluding hydrogens is 404 g/mol. The highest BCUT2D eigenvalue weighted by molar-refractivity contribution is 6.53. The van der Waals surface area contributed by atoms with Crippen LogP contribution in [0.2, 0.25) is 0 Å². The minimum Gasteiger partial charge on any atom is -0.506 e. The quantitative estimate of drug-likeness (QED) is 0.388. The first-order chi connectivity index (χ1) is 15.6. The van der Waals surface area contributed by atoms with Gasteiger partial charge in [0.05, 0.1) is 16.9 Å². The summed E-state index contributed by atoms with van der Waals surface area (Å²) in [5.41, 5.74) is 2.50. The summed E-state index contributed by atoms with van der Waals surface area (Å²) in [7, 11) is 0. The van der Waals surface area contributed by atoms with Crippen molar-refractivity contribution < 1.29 is 9.90 Å². The lowest BCUT2D eigenvalue weighted by Gasteiger charge is -2.14. The molecular formula is C25H18N4O3. The normalized spacial score (nSPS) is 14.6. The van der Waals surface area contributed by atoms with Crippen LogP contribution in [0.25, 0.3) is 16.6 Å². The predicted octanol–water partition coefficient (Wildman–Crippen LogP) is 3.86. The Morgan fingerprint density at radius 2 is 1.59 bits per heavy atom. The zero-order chi connectivity index (χ0) is 22.2. The fourth-order valence-electron chi connectivity index (χ4n) is 3.86. The number of hydrogen-bond donors (Lipinski definition) is 2. The summed E-state index contributed by atoms with van der Waals surface area (Å²) < 4.78 is 1.54. The van der Waals surface area contributed by atoms with E-state index in [0.29, 0.717) is 27.8 Å². The Bertz CT molecular complexity index is 1500. The molecule has 0 unspecified atom stereocenters. The van der Waals surface area contributed by atoms with Gasteiger partial charge in [-0.3, -0.25) is 14.2 Å². The largest absolute Gasteiger partial charge is 0.506 e. The van der Waals surface area contributed by atoms with E-state index in [1.807, 2.05) is 42.5 Å². The van der Waals surface area contributed by atoms with E-state index in [-0.39, 0.29) is 28.6 Å². The first kappa shape index (κ1) is 19.4. The van der Waals surface area contributed by atoms with Crippen molar-refractivity contribution in [3.63, 3.8) is 0 Å². The smallest absolute Gasteiger partial charge is 0.276 e. The summed E-state index contributed by atoms with van der Waals surface area (Å²) in [6.07, 6.45) is 0. The average molecular weight is 422 g/mol. The summed E-state index contributed by atoms with van der Waals surface area (Å²) in [6.45, 7) is 1.59. The molecule has 2 heterocycles. The summed E-state index contributed by atoms with van der Waals surface area (Å²) in [6, 6.07) is 23.5. The molecule has 0 bridgehead atoms. The molecule has 0 radical (unpaired) electrons.